The van der Waals surface area contributed by atoms with Crippen LogP contribution in [0.15, 0.2) is 66.7 Å². The lowest BCUT2D eigenvalue weighted by Crippen LogP contribution is -2.29. The van der Waals surface area contributed by atoms with Crippen molar-refractivity contribution in [1.29, 1.82) is 0 Å². The van der Waals surface area contributed by atoms with Gasteiger partial charge in [-0.2, -0.15) is 0 Å². The Labute approximate surface area is 121 Å². The standard InChI is InChI=1S/C18H11NO2/c20-17-15-7-3-4-8-16(15)18(21)19(17)14-10-9-12-5-1-2-6-13(12)11-14/h1-11H. The van der Waals surface area contributed by atoms with Crippen LogP contribution in [0.2, 0.25) is 0 Å². The van der Waals surface area contributed by atoms with Crippen LogP contribution in [0.25, 0.3) is 10.8 Å². The first-order chi connectivity index (χ1) is 10.3. The number of imide groups is 1. The van der Waals surface area contributed by atoms with E-state index in [0.29, 0.717) is 16.8 Å². The van der Waals surface area contributed by atoms with Gasteiger partial charge in [-0.25, -0.2) is 4.90 Å². The third-order valence-corrected chi connectivity index (χ3v) is 3.79. The van der Waals surface area contributed by atoms with Crippen molar-refractivity contribution in [3.05, 3.63) is 77.9 Å². The molecule has 100 valence electrons. The van der Waals surface area contributed by atoms with E-state index in [9.17, 15) is 9.59 Å². The number of hydrogen-bond donors (Lipinski definition) is 0. The molecule has 0 aromatic heterocycles. The van der Waals surface area contributed by atoms with Gasteiger partial charge in [0.2, 0.25) is 0 Å². The van der Waals surface area contributed by atoms with E-state index in [1.807, 2.05) is 42.5 Å². The van der Waals surface area contributed by atoms with Crippen molar-refractivity contribution < 1.29 is 9.59 Å². The molecule has 1 aliphatic rings. The highest BCUT2D eigenvalue weighted by molar-refractivity contribution is 6.34. The van der Waals surface area contributed by atoms with Crippen molar-refractivity contribution in [3.8, 4) is 0 Å². The van der Waals surface area contributed by atoms with Crippen molar-refractivity contribution in [3.63, 3.8) is 0 Å². The summed E-state index contributed by atoms with van der Waals surface area (Å²) in [5, 5.41) is 2.09. The van der Waals surface area contributed by atoms with Gasteiger partial charge >= 0.3 is 0 Å². The summed E-state index contributed by atoms with van der Waals surface area (Å²) in [6.45, 7) is 0. The van der Waals surface area contributed by atoms with Gasteiger partial charge in [0, 0.05) is 0 Å². The minimum absolute atomic E-state index is 0.258. The van der Waals surface area contributed by atoms with Crippen LogP contribution >= 0.6 is 0 Å². The molecular weight excluding hydrogens is 262 g/mol. The van der Waals surface area contributed by atoms with Crippen LogP contribution in [0.4, 0.5) is 5.69 Å². The van der Waals surface area contributed by atoms with E-state index in [2.05, 4.69) is 0 Å². The van der Waals surface area contributed by atoms with Gasteiger partial charge in [0.25, 0.3) is 11.8 Å². The molecule has 0 bridgehead atoms. The first kappa shape index (κ1) is 11.9. The molecule has 0 aliphatic carbocycles. The fraction of sp³-hybridized carbons (Fsp3) is 0. The van der Waals surface area contributed by atoms with Gasteiger partial charge in [0.1, 0.15) is 0 Å². The monoisotopic (exact) mass is 273 g/mol. The fourth-order valence-corrected chi connectivity index (χ4v) is 2.74. The van der Waals surface area contributed by atoms with E-state index in [-0.39, 0.29) is 11.8 Å². The summed E-state index contributed by atoms with van der Waals surface area (Å²) >= 11 is 0. The molecule has 0 fully saturated rings. The van der Waals surface area contributed by atoms with Crippen molar-refractivity contribution >= 4 is 28.3 Å². The van der Waals surface area contributed by atoms with E-state index in [1.165, 1.54) is 4.90 Å². The number of fused-ring (bicyclic) bond motifs is 2. The lowest BCUT2D eigenvalue weighted by molar-refractivity contribution is 0.0926. The van der Waals surface area contributed by atoms with Gasteiger partial charge in [-0.3, -0.25) is 9.59 Å². The summed E-state index contributed by atoms with van der Waals surface area (Å²) in [6.07, 6.45) is 0. The zero-order valence-corrected chi connectivity index (χ0v) is 11.1. The number of anilines is 1. The predicted octanol–water partition coefficient (Wildman–Crippen LogP) is 3.64. The second kappa shape index (κ2) is 4.28. The minimum Gasteiger partial charge on any atom is -0.268 e. The average molecular weight is 273 g/mol. The molecule has 3 heteroatoms. The fourth-order valence-electron chi connectivity index (χ4n) is 2.74. The van der Waals surface area contributed by atoms with Crippen LogP contribution in [-0.4, -0.2) is 11.8 Å². The Kier molecular flexibility index (Phi) is 2.42. The highest BCUT2D eigenvalue weighted by Gasteiger charge is 2.36. The molecule has 3 nitrogen and oxygen atoms in total. The Balaban J connectivity index is 1.86. The summed E-state index contributed by atoms with van der Waals surface area (Å²) < 4.78 is 0. The van der Waals surface area contributed by atoms with E-state index in [1.54, 1.807) is 24.3 Å². The first-order valence-electron chi connectivity index (χ1n) is 6.72. The minimum atomic E-state index is -0.258. The van der Waals surface area contributed by atoms with Crippen LogP contribution in [0.5, 0.6) is 0 Å². The number of carbonyl (C=O) groups is 2. The van der Waals surface area contributed by atoms with Crippen LogP contribution in [0.3, 0.4) is 0 Å². The molecule has 0 spiro atoms. The van der Waals surface area contributed by atoms with E-state index in [0.717, 1.165) is 10.8 Å². The summed E-state index contributed by atoms with van der Waals surface area (Å²) in [5.74, 6) is -0.517. The Hall–Kier alpha value is -2.94. The van der Waals surface area contributed by atoms with Crippen LogP contribution in [0.1, 0.15) is 20.7 Å². The molecule has 0 unspecified atom stereocenters. The van der Waals surface area contributed by atoms with Gasteiger partial charge < -0.3 is 0 Å². The third kappa shape index (κ3) is 1.68. The predicted molar refractivity (Wildman–Crippen MR) is 81.5 cm³/mol. The summed E-state index contributed by atoms with van der Waals surface area (Å²) in [5.41, 5.74) is 1.55. The lowest BCUT2D eigenvalue weighted by atomic mass is 10.1. The second-order valence-electron chi connectivity index (χ2n) is 5.02. The van der Waals surface area contributed by atoms with Gasteiger partial charge in [-0.05, 0) is 35.0 Å². The quantitative estimate of drug-likeness (QED) is 0.635. The Bertz CT molecular complexity index is 863. The molecule has 3 aromatic carbocycles. The molecular formula is C18H11NO2. The number of carbonyl (C=O) groups excluding carboxylic acids is 2. The zero-order valence-electron chi connectivity index (χ0n) is 11.1. The summed E-state index contributed by atoms with van der Waals surface area (Å²) in [4.78, 5) is 26.1. The topological polar surface area (TPSA) is 37.4 Å². The molecule has 2 amide bonds. The molecule has 1 heterocycles. The first-order valence-corrected chi connectivity index (χ1v) is 6.72. The second-order valence-corrected chi connectivity index (χ2v) is 5.02. The SMILES string of the molecule is O=C1c2ccccc2C(=O)N1c1ccc2ccccc2c1. The van der Waals surface area contributed by atoms with Crippen molar-refractivity contribution in [2.45, 2.75) is 0 Å². The van der Waals surface area contributed by atoms with Gasteiger partial charge in [0.15, 0.2) is 0 Å². The Morgan fingerprint density at radius 3 is 1.86 bits per heavy atom. The molecule has 0 saturated heterocycles. The van der Waals surface area contributed by atoms with Crippen LogP contribution < -0.4 is 4.90 Å². The molecule has 0 N–H and O–H groups in total. The molecule has 0 saturated carbocycles. The van der Waals surface area contributed by atoms with Crippen LogP contribution in [0, 0.1) is 0 Å². The van der Waals surface area contributed by atoms with E-state index < -0.39 is 0 Å². The van der Waals surface area contributed by atoms with Crippen molar-refractivity contribution in [2.24, 2.45) is 0 Å². The number of nitrogens with zero attached hydrogens (tertiary/aromatic N) is 1. The number of benzene rings is 3. The highest BCUT2D eigenvalue weighted by Crippen LogP contribution is 2.30. The molecule has 21 heavy (non-hydrogen) atoms. The average Bonchev–Trinajstić information content (AvgIpc) is 2.79. The van der Waals surface area contributed by atoms with E-state index in [4.69, 9.17) is 0 Å². The molecule has 0 radical (unpaired) electrons. The Morgan fingerprint density at radius 2 is 1.19 bits per heavy atom. The largest absolute Gasteiger partial charge is 0.268 e. The maximum atomic E-state index is 12.4. The van der Waals surface area contributed by atoms with Gasteiger partial charge in [0.05, 0.1) is 16.8 Å². The number of amides is 2. The molecule has 0 atom stereocenters. The number of rotatable bonds is 1. The van der Waals surface area contributed by atoms with E-state index >= 15 is 0 Å². The van der Waals surface area contributed by atoms with Crippen molar-refractivity contribution in [1.82, 2.24) is 0 Å². The van der Waals surface area contributed by atoms with Gasteiger partial charge in [-0.15, -0.1) is 0 Å². The summed E-state index contributed by atoms with van der Waals surface area (Å²) in [6, 6.07) is 20.4. The summed E-state index contributed by atoms with van der Waals surface area (Å²) in [7, 11) is 0. The molecule has 1 aliphatic heterocycles. The molecule has 3 aromatic rings. The smallest absolute Gasteiger partial charge is 0.266 e. The third-order valence-electron chi connectivity index (χ3n) is 3.79. The van der Waals surface area contributed by atoms with Crippen LogP contribution in [-0.2, 0) is 0 Å². The lowest BCUT2D eigenvalue weighted by Gasteiger charge is -2.14. The number of hydrogen-bond acceptors (Lipinski definition) is 2. The normalized spacial score (nSPS) is 13.8. The molecule has 4 rings (SSSR count). The highest BCUT2D eigenvalue weighted by atomic mass is 16.2. The van der Waals surface area contributed by atoms with Crippen molar-refractivity contribution in [2.75, 3.05) is 4.90 Å². The maximum Gasteiger partial charge on any atom is 0.266 e. The van der Waals surface area contributed by atoms with Gasteiger partial charge in [-0.1, -0.05) is 42.5 Å². The zero-order chi connectivity index (χ0) is 14.4. The Morgan fingerprint density at radius 1 is 0.619 bits per heavy atom. The maximum absolute atomic E-state index is 12.4.